The predicted octanol–water partition coefficient (Wildman–Crippen LogP) is 4.53. The van der Waals surface area contributed by atoms with Crippen molar-refractivity contribution in [1.29, 1.82) is 0 Å². The molecular formula is C22H47N3O2. The highest BCUT2D eigenvalue weighted by Gasteiger charge is 2.23. The standard InChI is InChI=1S/C22H47N3O2/c1-2-3-4-5-6-7-8-9-10-11-12-13-14-15-16-21(22(26)27)25(19-17-23)20-18-24/h21H,2-20,23-24H2,1H3,(H,26,27). The summed E-state index contributed by atoms with van der Waals surface area (Å²) in [6.45, 7) is 4.42. The number of nitrogens with two attached hydrogens (primary N) is 2. The Morgan fingerprint density at radius 3 is 1.44 bits per heavy atom. The van der Waals surface area contributed by atoms with Crippen LogP contribution in [-0.2, 0) is 4.79 Å². The molecule has 5 heteroatoms. The molecule has 0 radical (unpaired) electrons. The molecule has 0 aliphatic carbocycles. The first kappa shape index (κ1) is 26.4. The van der Waals surface area contributed by atoms with E-state index in [-0.39, 0.29) is 0 Å². The lowest BCUT2D eigenvalue weighted by atomic mass is 10.0. The fraction of sp³-hybridized carbons (Fsp3) is 0.955. The summed E-state index contributed by atoms with van der Waals surface area (Å²) in [4.78, 5) is 13.5. The second-order valence-electron chi connectivity index (χ2n) is 7.85. The molecule has 0 spiro atoms. The van der Waals surface area contributed by atoms with E-state index in [9.17, 15) is 9.90 Å². The van der Waals surface area contributed by atoms with Crippen LogP contribution in [-0.4, -0.2) is 48.2 Å². The largest absolute Gasteiger partial charge is 0.480 e. The van der Waals surface area contributed by atoms with E-state index in [0.717, 1.165) is 12.8 Å². The Kier molecular flexibility index (Phi) is 19.6. The van der Waals surface area contributed by atoms with Gasteiger partial charge < -0.3 is 16.6 Å². The van der Waals surface area contributed by atoms with Crippen LogP contribution in [0.4, 0.5) is 0 Å². The Balaban J connectivity index is 3.58. The number of aliphatic carboxylic acids is 1. The van der Waals surface area contributed by atoms with E-state index < -0.39 is 12.0 Å². The Morgan fingerprint density at radius 1 is 0.741 bits per heavy atom. The molecule has 0 aromatic carbocycles. The molecule has 1 atom stereocenters. The van der Waals surface area contributed by atoms with Crippen LogP contribution in [0.15, 0.2) is 0 Å². The molecule has 0 aliphatic heterocycles. The van der Waals surface area contributed by atoms with Gasteiger partial charge in [-0.2, -0.15) is 0 Å². The molecule has 0 fully saturated rings. The normalized spacial score (nSPS) is 12.6. The minimum absolute atomic E-state index is 0.436. The maximum Gasteiger partial charge on any atom is 0.320 e. The molecule has 0 amide bonds. The van der Waals surface area contributed by atoms with Gasteiger partial charge in [-0.25, -0.2) is 0 Å². The number of hydrogen-bond donors (Lipinski definition) is 3. The lowest BCUT2D eigenvalue weighted by Crippen LogP contribution is -2.46. The van der Waals surface area contributed by atoms with Crippen molar-refractivity contribution < 1.29 is 9.90 Å². The van der Waals surface area contributed by atoms with E-state index in [1.54, 1.807) is 0 Å². The highest BCUT2D eigenvalue weighted by atomic mass is 16.4. The molecule has 0 aromatic heterocycles. The fourth-order valence-electron chi connectivity index (χ4n) is 3.75. The van der Waals surface area contributed by atoms with Gasteiger partial charge in [0.05, 0.1) is 0 Å². The topological polar surface area (TPSA) is 92.6 Å². The van der Waals surface area contributed by atoms with Crippen molar-refractivity contribution in [2.45, 2.75) is 109 Å². The van der Waals surface area contributed by atoms with Crippen molar-refractivity contribution in [2.24, 2.45) is 11.5 Å². The zero-order valence-corrected chi connectivity index (χ0v) is 18.0. The number of rotatable bonds is 21. The van der Waals surface area contributed by atoms with Crippen molar-refractivity contribution in [3.05, 3.63) is 0 Å². The first-order valence-electron chi connectivity index (χ1n) is 11.5. The minimum atomic E-state index is -0.744. The molecule has 0 bridgehead atoms. The first-order valence-corrected chi connectivity index (χ1v) is 11.5. The third-order valence-corrected chi connectivity index (χ3v) is 5.39. The Labute approximate surface area is 168 Å². The molecule has 0 heterocycles. The van der Waals surface area contributed by atoms with Gasteiger partial charge in [-0.05, 0) is 6.42 Å². The van der Waals surface area contributed by atoms with Crippen LogP contribution in [0.1, 0.15) is 103 Å². The average molecular weight is 386 g/mol. The van der Waals surface area contributed by atoms with Crippen molar-refractivity contribution in [3.63, 3.8) is 0 Å². The van der Waals surface area contributed by atoms with E-state index in [4.69, 9.17) is 11.5 Å². The van der Waals surface area contributed by atoms with E-state index in [1.165, 1.54) is 77.0 Å². The molecule has 5 N–H and O–H groups in total. The highest BCUT2D eigenvalue weighted by molar-refractivity contribution is 5.73. The molecule has 0 saturated heterocycles. The van der Waals surface area contributed by atoms with Gasteiger partial charge in [-0.1, -0.05) is 96.8 Å². The summed E-state index contributed by atoms with van der Waals surface area (Å²) >= 11 is 0. The molecule has 162 valence electrons. The molecule has 1 unspecified atom stereocenters. The van der Waals surface area contributed by atoms with Gasteiger partial charge in [0.15, 0.2) is 0 Å². The van der Waals surface area contributed by atoms with Crippen molar-refractivity contribution in [3.8, 4) is 0 Å². The van der Waals surface area contributed by atoms with Gasteiger partial charge >= 0.3 is 5.97 Å². The lowest BCUT2D eigenvalue weighted by Gasteiger charge is -2.27. The number of unbranched alkanes of at least 4 members (excludes halogenated alkanes) is 13. The predicted molar refractivity (Wildman–Crippen MR) is 116 cm³/mol. The number of carboxylic acids is 1. The van der Waals surface area contributed by atoms with E-state index in [1.807, 2.05) is 4.90 Å². The SMILES string of the molecule is CCCCCCCCCCCCCCCCC(C(=O)O)N(CCN)CCN. The highest BCUT2D eigenvalue weighted by Crippen LogP contribution is 2.15. The zero-order valence-electron chi connectivity index (χ0n) is 18.0. The Bertz CT molecular complexity index is 321. The molecule has 0 aliphatic rings. The van der Waals surface area contributed by atoms with Gasteiger partial charge in [0.1, 0.15) is 6.04 Å². The summed E-state index contributed by atoms with van der Waals surface area (Å²) in [5, 5.41) is 9.48. The molecular weight excluding hydrogens is 338 g/mol. The van der Waals surface area contributed by atoms with Gasteiger partial charge in [0.25, 0.3) is 0 Å². The van der Waals surface area contributed by atoms with Gasteiger partial charge in [-0.15, -0.1) is 0 Å². The average Bonchev–Trinajstić information content (AvgIpc) is 2.64. The van der Waals surface area contributed by atoms with Crippen LogP contribution in [0.2, 0.25) is 0 Å². The molecule has 0 aromatic rings. The number of nitrogens with zero attached hydrogens (tertiary/aromatic N) is 1. The second-order valence-corrected chi connectivity index (χ2v) is 7.85. The van der Waals surface area contributed by atoms with Crippen molar-refractivity contribution in [2.75, 3.05) is 26.2 Å². The lowest BCUT2D eigenvalue weighted by molar-refractivity contribution is -0.143. The molecule has 0 rings (SSSR count). The summed E-state index contributed by atoms with van der Waals surface area (Å²) in [5.41, 5.74) is 11.2. The summed E-state index contributed by atoms with van der Waals surface area (Å²) in [5.74, 6) is -0.744. The second kappa shape index (κ2) is 20.1. The maximum absolute atomic E-state index is 11.5. The van der Waals surface area contributed by atoms with Crippen LogP contribution in [0.5, 0.6) is 0 Å². The molecule has 0 saturated carbocycles. The van der Waals surface area contributed by atoms with Crippen LogP contribution in [0, 0.1) is 0 Å². The third kappa shape index (κ3) is 16.0. The number of hydrogen-bond acceptors (Lipinski definition) is 4. The van der Waals surface area contributed by atoms with E-state index in [2.05, 4.69) is 6.92 Å². The van der Waals surface area contributed by atoms with E-state index in [0.29, 0.717) is 32.6 Å². The monoisotopic (exact) mass is 385 g/mol. The van der Waals surface area contributed by atoms with Gasteiger partial charge in [-0.3, -0.25) is 9.69 Å². The summed E-state index contributed by atoms with van der Waals surface area (Å²) in [7, 11) is 0. The van der Waals surface area contributed by atoms with Gasteiger partial charge in [0, 0.05) is 26.2 Å². The summed E-state index contributed by atoms with van der Waals surface area (Å²) in [6, 6.07) is -0.436. The van der Waals surface area contributed by atoms with Gasteiger partial charge in [0.2, 0.25) is 0 Å². The maximum atomic E-state index is 11.5. The summed E-state index contributed by atoms with van der Waals surface area (Å²) in [6.07, 6.45) is 19.1. The minimum Gasteiger partial charge on any atom is -0.480 e. The Morgan fingerprint density at radius 2 is 1.11 bits per heavy atom. The van der Waals surface area contributed by atoms with Crippen LogP contribution >= 0.6 is 0 Å². The number of carboxylic acid groups (broad SMARTS) is 1. The smallest absolute Gasteiger partial charge is 0.320 e. The van der Waals surface area contributed by atoms with Crippen LogP contribution < -0.4 is 11.5 Å². The van der Waals surface area contributed by atoms with Crippen LogP contribution in [0.25, 0.3) is 0 Å². The van der Waals surface area contributed by atoms with E-state index >= 15 is 0 Å². The Hall–Kier alpha value is -0.650. The first-order chi connectivity index (χ1) is 13.2. The molecule has 5 nitrogen and oxygen atoms in total. The fourth-order valence-corrected chi connectivity index (χ4v) is 3.75. The molecule has 27 heavy (non-hydrogen) atoms. The summed E-state index contributed by atoms with van der Waals surface area (Å²) < 4.78 is 0. The zero-order chi connectivity index (χ0) is 20.2. The van der Waals surface area contributed by atoms with Crippen LogP contribution in [0.3, 0.4) is 0 Å². The third-order valence-electron chi connectivity index (χ3n) is 5.39. The number of carbonyl (C=O) groups is 1. The quantitative estimate of drug-likeness (QED) is 0.252. The van der Waals surface area contributed by atoms with Crippen molar-refractivity contribution in [1.82, 2.24) is 4.90 Å². The van der Waals surface area contributed by atoms with Crippen molar-refractivity contribution >= 4 is 5.97 Å².